The number of benzene rings is 1. The second-order valence-corrected chi connectivity index (χ2v) is 7.66. The molecule has 2 rings (SSSR count). The fourth-order valence-electron chi connectivity index (χ4n) is 2.62. The fraction of sp³-hybridized carbons (Fsp3) is 0.450. The number of ketones is 1. The summed E-state index contributed by atoms with van der Waals surface area (Å²) in [6, 6.07) is 5.51. The van der Waals surface area contributed by atoms with Crippen molar-refractivity contribution in [3.8, 4) is 0 Å². The monoisotopic (exact) mass is 403 g/mol. The van der Waals surface area contributed by atoms with E-state index in [4.69, 9.17) is 4.74 Å². The van der Waals surface area contributed by atoms with Gasteiger partial charge >= 0.3 is 12.0 Å². The summed E-state index contributed by atoms with van der Waals surface area (Å²) < 4.78 is 5.09. The largest absolute Gasteiger partial charge is 0.453 e. The molecule has 0 radical (unpaired) electrons. The number of carbonyl (C=O) groups excluding carboxylic acids is 5. The minimum atomic E-state index is -1.10. The van der Waals surface area contributed by atoms with E-state index < -0.39 is 41.9 Å². The molecule has 0 aliphatic carbocycles. The molecule has 4 amide bonds. The fourth-order valence-corrected chi connectivity index (χ4v) is 2.62. The van der Waals surface area contributed by atoms with Gasteiger partial charge in [-0.05, 0) is 45.0 Å². The van der Waals surface area contributed by atoms with E-state index in [9.17, 15) is 24.0 Å². The zero-order chi connectivity index (χ0) is 21.9. The molecule has 1 aliphatic rings. The zero-order valence-electron chi connectivity index (χ0n) is 17.1. The summed E-state index contributed by atoms with van der Waals surface area (Å²) >= 11 is 0. The molecule has 1 fully saturated rings. The van der Waals surface area contributed by atoms with Crippen LogP contribution in [0.1, 0.15) is 45.0 Å². The lowest BCUT2D eigenvalue weighted by atomic mass is 10.1. The summed E-state index contributed by atoms with van der Waals surface area (Å²) in [5, 5.41) is 5.17. The van der Waals surface area contributed by atoms with Gasteiger partial charge in [0, 0.05) is 17.2 Å². The maximum absolute atomic E-state index is 12.5. The zero-order valence-corrected chi connectivity index (χ0v) is 17.1. The van der Waals surface area contributed by atoms with Crippen molar-refractivity contribution < 1.29 is 28.7 Å². The number of rotatable bonds is 7. The first-order chi connectivity index (χ1) is 13.4. The molecule has 156 valence electrons. The molecule has 0 aromatic heterocycles. The Morgan fingerprint density at radius 2 is 1.69 bits per heavy atom. The van der Waals surface area contributed by atoms with E-state index in [-0.39, 0.29) is 11.8 Å². The molecule has 1 aromatic rings. The summed E-state index contributed by atoms with van der Waals surface area (Å²) in [5.41, 5.74) is -0.249. The van der Waals surface area contributed by atoms with Crippen LogP contribution in [0.15, 0.2) is 24.3 Å². The molecule has 1 aliphatic heterocycles. The highest BCUT2D eigenvalue weighted by molar-refractivity contribution is 6.08. The third kappa shape index (κ3) is 5.18. The normalized spacial score (nSPS) is 16.4. The highest BCUT2D eigenvalue weighted by Gasteiger charge is 2.45. The third-order valence-corrected chi connectivity index (χ3v) is 4.37. The van der Waals surface area contributed by atoms with Crippen molar-refractivity contribution in [3.63, 3.8) is 0 Å². The second-order valence-electron chi connectivity index (χ2n) is 7.66. The van der Waals surface area contributed by atoms with Crippen LogP contribution >= 0.6 is 0 Å². The van der Waals surface area contributed by atoms with Gasteiger partial charge < -0.3 is 15.4 Å². The third-order valence-electron chi connectivity index (χ3n) is 4.37. The van der Waals surface area contributed by atoms with E-state index in [1.165, 1.54) is 32.9 Å². The molecule has 2 N–H and O–H groups in total. The molecule has 1 unspecified atom stereocenters. The van der Waals surface area contributed by atoms with Crippen LogP contribution in [0.25, 0.3) is 0 Å². The number of carbonyl (C=O) groups is 5. The number of esters is 1. The maximum atomic E-state index is 12.5. The van der Waals surface area contributed by atoms with E-state index in [1.54, 1.807) is 26.0 Å². The SMILES string of the molecule is CC(C)C(=O)Nc1ccc(C(=O)C(C)OC(=O)CN2C(=O)NC(C)(C)C2=O)cc1. The first-order valence-corrected chi connectivity index (χ1v) is 9.21. The van der Waals surface area contributed by atoms with Gasteiger partial charge in [-0.3, -0.25) is 24.1 Å². The Labute approximate surface area is 168 Å². The van der Waals surface area contributed by atoms with Gasteiger partial charge in [0.15, 0.2) is 6.10 Å². The van der Waals surface area contributed by atoms with Crippen LogP contribution in [-0.2, 0) is 19.1 Å². The second kappa shape index (κ2) is 8.42. The average Bonchev–Trinajstić information content (AvgIpc) is 2.83. The van der Waals surface area contributed by atoms with E-state index >= 15 is 0 Å². The molecule has 9 heteroatoms. The number of nitrogens with zero attached hydrogens (tertiary/aromatic N) is 1. The minimum absolute atomic E-state index is 0.143. The van der Waals surface area contributed by atoms with Crippen molar-refractivity contribution in [1.29, 1.82) is 0 Å². The van der Waals surface area contributed by atoms with Crippen LogP contribution in [0.3, 0.4) is 0 Å². The number of hydrogen-bond donors (Lipinski definition) is 2. The Morgan fingerprint density at radius 3 is 2.17 bits per heavy atom. The minimum Gasteiger partial charge on any atom is -0.453 e. The topological polar surface area (TPSA) is 122 Å². The smallest absolute Gasteiger partial charge is 0.326 e. The van der Waals surface area contributed by atoms with E-state index in [0.29, 0.717) is 11.3 Å². The number of hydrogen-bond acceptors (Lipinski definition) is 6. The number of anilines is 1. The Balaban J connectivity index is 1.95. The molecule has 0 saturated carbocycles. The van der Waals surface area contributed by atoms with E-state index in [1.807, 2.05) is 0 Å². The number of amides is 4. The lowest BCUT2D eigenvalue weighted by Gasteiger charge is -2.17. The van der Waals surface area contributed by atoms with Crippen LogP contribution in [0.5, 0.6) is 0 Å². The van der Waals surface area contributed by atoms with Crippen LogP contribution in [-0.4, -0.2) is 52.7 Å². The number of ether oxygens (including phenoxy) is 1. The standard InChI is InChI=1S/C20H25N3O6/c1-11(2)17(26)21-14-8-6-13(7-9-14)16(25)12(3)29-15(24)10-23-18(27)20(4,5)22-19(23)28/h6-9,11-12H,10H2,1-5H3,(H,21,26)(H,22,28). The molecular formula is C20H25N3O6. The molecule has 1 heterocycles. The predicted molar refractivity (Wildman–Crippen MR) is 104 cm³/mol. The Bertz CT molecular complexity index is 844. The first-order valence-electron chi connectivity index (χ1n) is 9.21. The van der Waals surface area contributed by atoms with E-state index in [0.717, 1.165) is 4.90 Å². The van der Waals surface area contributed by atoms with Gasteiger partial charge in [0.2, 0.25) is 11.7 Å². The lowest BCUT2D eigenvalue weighted by Crippen LogP contribution is -2.41. The van der Waals surface area contributed by atoms with Gasteiger partial charge in [-0.15, -0.1) is 0 Å². The van der Waals surface area contributed by atoms with Crippen molar-refractivity contribution in [2.75, 3.05) is 11.9 Å². The number of nitrogens with one attached hydrogen (secondary N) is 2. The molecule has 0 spiro atoms. The van der Waals surface area contributed by atoms with E-state index in [2.05, 4.69) is 10.6 Å². The summed E-state index contributed by atoms with van der Waals surface area (Å²) in [7, 11) is 0. The van der Waals surface area contributed by atoms with Gasteiger partial charge in [0.05, 0.1) is 0 Å². The maximum Gasteiger partial charge on any atom is 0.326 e. The molecular weight excluding hydrogens is 378 g/mol. The Morgan fingerprint density at radius 1 is 1.10 bits per heavy atom. The van der Waals surface area contributed by atoms with Crippen LogP contribution in [0.2, 0.25) is 0 Å². The molecule has 0 bridgehead atoms. The van der Waals surface area contributed by atoms with Crippen LogP contribution in [0.4, 0.5) is 10.5 Å². The van der Waals surface area contributed by atoms with Crippen molar-refractivity contribution in [1.82, 2.24) is 10.2 Å². The van der Waals surface area contributed by atoms with Gasteiger partial charge in [-0.1, -0.05) is 13.8 Å². The van der Waals surface area contributed by atoms with Crippen molar-refractivity contribution in [2.24, 2.45) is 5.92 Å². The van der Waals surface area contributed by atoms with Crippen molar-refractivity contribution in [2.45, 2.75) is 46.3 Å². The number of urea groups is 1. The highest BCUT2D eigenvalue weighted by atomic mass is 16.5. The summed E-state index contributed by atoms with van der Waals surface area (Å²) in [6.45, 7) is 7.42. The number of imide groups is 1. The average molecular weight is 403 g/mol. The van der Waals surface area contributed by atoms with Gasteiger partial charge in [-0.2, -0.15) is 0 Å². The van der Waals surface area contributed by atoms with Gasteiger partial charge in [-0.25, -0.2) is 4.79 Å². The first kappa shape index (κ1) is 22.1. The van der Waals surface area contributed by atoms with Gasteiger partial charge in [0.25, 0.3) is 5.91 Å². The van der Waals surface area contributed by atoms with Crippen LogP contribution < -0.4 is 10.6 Å². The van der Waals surface area contributed by atoms with Crippen molar-refractivity contribution >= 4 is 35.3 Å². The quantitative estimate of drug-likeness (QED) is 0.406. The van der Waals surface area contributed by atoms with Crippen molar-refractivity contribution in [3.05, 3.63) is 29.8 Å². The lowest BCUT2D eigenvalue weighted by molar-refractivity contribution is -0.149. The molecule has 29 heavy (non-hydrogen) atoms. The molecule has 1 saturated heterocycles. The van der Waals surface area contributed by atoms with Gasteiger partial charge in [0.1, 0.15) is 12.1 Å². The highest BCUT2D eigenvalue weighted by Crippen LogP contribution is 2.17. The Hall–Kier alpha value is -3.23. The Kier molecular flexibility index (Phi) is 6.41. The molecule has 1 atom stereocenters. The predicted octanol–water partition coefficient (Wildman–Crippen LogP) is 1.73. The summed E-state index contributed by atoms with van der Waals surface area (Å²) in [6.07, 6.45) is -1.10. The summed E-state index contributed by atoms with van der Waals surface area (Å²) in [4.78, 5) is 60.9. The molecule has 9 nitrogen and oxygen atoms in total. The molecule has 1 aromatic carbocycles. The summed E-state index contributed by atoms with van der Waals surface area (Å²) in [5.74, 6) is -2.18. The number of Topliss-reactive ketones (excluding diaryl/α,β-unsaturated/α-hetero) is 1. The van der Waals surface area contributed by atoms with Crippen LogP contribution in [0, 0.1) is 5.92 Å².